The highest BCUT2D eigenvalue weighted by Gasteiger charge is 2.32. The number of benzene rings is 2. The highest BCUT2D eigenvalue weighted by atomic mass is 16.5. The van der Waals surface area contributed by atoms with Gasteiger partial charge in [-0.05, 0) is 44.2 Å². The predicted octanol–water partition coefficient (Wildman–Crippen LogP) is 2.88. The maximum Gasteiger partial charge on any atom is 0.260 e. The van der Waals surface area contributed by atoms with Crippen LogP contribution in [0.2, 0.25) is 0 Å². The zero-order chi connectivity index (χ0) is 21.0. The Labute approximate surface area is 170 Å². The Kier molecular flexibility index (Phi) is 5.96. The van der Waals surface area contributed by atoms with E-state index in [0.717, 1.165) is 12.0 Å². The van der Waals surface area contributed by atoms with Gasteiger partial charge < -0.3 is 24.4 Å². The smallest absolute Gasteiger partial charge is 0.260 e. The van der Waals surface area contributed by atoms with E-state index >= 15 is 0 Å². The predicted molar refractivity (Wildman–Crippen MR) is 110 cm³/mol. The van der Waals surface area contributed by atoms with Crippen molar-refractivity contribution >= 4 is 17.5 Å². The Hall–Kier alpha value is -3.22. The number of nitrogens with zero attached hydrogens (tertiary/aromatic N) is 1. The number of hydrogen-bond donors (Lipinski definition) is 1. The van der Waals surface area contributed by atoms with Crippen LogP contribution < -0.4 is 19.5 Å². The fourth-order valence-electron chi connectivity index (χ4n) is 3.13. The fourth-order valence-corrected chi connectivity index (χ4v) is 3.13. The Balaban J connectivity index is 1.51. The van der Waals surface area contributed by atoms with E-state index in [0.29, 0.717) is 22.9 Å². The summed E-state index contributed by atoms with van der Waals surface area (Å²) in [5, 5.41) is 2.75. The maximum absolute atomic E-state index is 12.4. The fraction of sp³-hybridized carbons (Fsp3) is 0.364. The second kappa shape index (κ2) is 8.43. The van der Waals surface area contributed by atoms with E-state index in [1.54, 1.807) is 44.5 Å². The number of para-hydroxylation sites is 1. The number of anilines is 1. The van der Waals surface area contributed by atoms with Gasteiger partial charge in [0.15, 0.2) is 18.1 Å². The van der Waals surface area contributed by atoms with Gasteiger partial charge in [-0.15, -0.1) is 0 Å². The Morgan fingerprint density at radius 2 is 1.90 bits per heavy atom. The summed E-state index contributed by atoms with van der Waals surface area (Å²) in [6.45, 7) is 3.77. The number of hydrogen-bond acceptors (Lipinski definition) is 5. The third-order valence-electron chi connectivity index (χ3n) is 4.59. The highest BCUT2D eigenvalue weighted by molar-refractivity contribution is 5.94. The van der Waals surface area contributed by atoms with Gasteiger partial charge in [0.1, 0.15) is 11.4 Å². The molecule has 0 bridgehead atoms. The molecule has 0 radical (unpaired) electrons. The van der Waals surface area contributed by atoms with Crippen LogP contribution in [0.15, 0.2) is 42.5 Å². The molecule has 2 aromatic carbocycles. The summed E-state index contributed by atoms with van der Waals surface area (Å²) in [5.74, 6) is 1.33. The van der Waals surface area contributed by atoms with Crippen molar-refractivity contribution in [2.75, 3.05) is 32.6 Å². The Bertz CT molecular complexity index is 893. The molecule has 1 heterocycles. The minimum Gasteiger partial charge on any atom is -0.497 e. The summed E-state index contributed by atoms with van der Waals surface area (Å²) in [6, 6.07) is 12.6. The van der Waals surface area contributed by atoms with Gasteiger partial charge in [-0.25, -0.2) is 0 Å². The summed E-state index contributed by atoms with van der Waals surface area (Å²) in [6.07, 6.45) is 0.791. The molecule has 7 nitrogen and oxygen atoms in total. The first-order chi connectivity index (χ1) is 13.8. The highest BCUT2D eigenvalue weighted by Crippen LogP contribution is 2.41. The van der Waals surface area contributed by atoms with Crippen LogP contribution in [0, 0.1) is 0 Å². The van der Waals surface area contributed by atoms with E-state index in [9.17, 15) is 9.59 Å². The average molecular weight is 398 g/mol. The molecule has 0 spiro atoms. The molecule has 2 aromatic rings. The molecular formula is C22H26N2O5. The first kappa shape index (κ1) is 20.5. The van der Waals surface area contributed by atoms with Crippen molar-refractivity contribution in [2.24, 2.45) is 0 Å². The number of ether oxygens (including phenoxy) is 3. The molecule has 2 amide bonds. The number of rotatable bonds is 7. The lowest BCUT2D eigenvalue weighted by atomic mass is 10.0. The van der Waals surface area contributed by atoms with Crippen molar-refractivity contribution in [2.45, 2.75) is 25.9 Å². The standard InChI is InChI=1S/C22H26N2O5/c1-22(2)12-15-6-5-7-18(21(15)29-22)28-14-20(26)24(3)13-19(25)23-16-8-10-17(27-4)11-9-16/h5-11H,12-14H2,1-4H3,(H,23,25). The Morgan fingerprint density at radius 3 is 2.59 bits per heavy atom. The van der Waals surface area contributed by atoms with E-state index in [1.807, 2.05) is 26.0 Å². The number of nitrogens with one attached hydrogen (secondary N) is 1. The van der Waals surface area contributed by atoms with Gasteiger partial charge in [-0.1, -0.05) is 12.1 Å². The lowest BCUT2D eigenvalue weighted by Gasteiger charge is -2.19. The van der Waals surface area contributed by atoms with Crippen molar-refractivity contribution in [1.29, 1.82) is 0 Å². The number of fused-ring (bicyclic) bond motifs is 1. The molecule has 1 N–H and O–H groups in total. The van der Waals surface area contributed by atoms with Crippen LogP contribution in [-0.4, -0.2) is 49.6 Å². The van der Waals surface area contributed by atoms with Crippen LogP contribution in [0.4, 0.5) is 5.69 Å². The molecule has 0 unspecified atom stereocenters. The number of carbonyl (C=O) groups is 2. The summed E-state index contributed by atoms with van der Waals surface area (Å²) in [4.78, 5) is 25.9. The lowest BCUT2D eigenvalue weighted by Crippen LogP contribution is -2.37. The molecule has 3 rings (SSSR count). The van der Waals surface area contributed by atoms with Gasteiger partial charge in [-0.2, -0.15) is 0 Å². The first-order valence-corrected chi connectivity index (χ1v) is 9.39. The molecule has 0 aromatic heterocycles. The molecule has 29 heavy (non-hydrogen) atoms. The largest absolute Gasteiger partial charge is 0.497 e. The molecule has 0 saturated heterocycles. The van der Waals surface area contributed by atoms with Crippen molar-refractivity contribution in [3.05, 3.63) is 48.0 Å². The number of likely N-dealkylation sites (N-methyl/N-ethyl adjacent to an activating group) is 1. The lowest BCUT2D eigenvalue weighted by molar-refractivity contribution is -0.135. The van der Waals surface area contributed by atoms with Crippen LogP contribution in [0.25, 0.3) is 0 Å². The molecule has 7 heteroatoms. The van der Waals surface area contributed by atoms with E-state index in [2.05, 4.69) is 5.32 Å². The number of carbonyl (C=O) groups excluding carboxylic acids is 2. The van der Waals surface area contributed by atoms with Crippen molar-refractivity contribution in [3.63, 3.8) is 0 Å². The van der Waals surface area contributed by atoms with Crippen molar-refractivity contribution < 1.29 is 23.8 Å². The Morgan fingerprint density at radius 1 is 1.17 bits per heavy atom. The molecule has 0 fully saturated rings. The summed E-state index contributed by atoms with van der Waals surface area (Å²) >= 11 is 0. The van der Waals surface area contributed by atoms with E-state index < -0.39 is 0 Å². The molecule has 154 valence electrons. The van der Waals surface area contributed by atoms with Crippen LogP contribution in [-0.2, 0) is 16.0 Å². The van der Waals surface area contributed by atoms with E-state index in [1.165, 1.54) is 4.90 Å². The van der Waals surface area contributed by atoms with Crippen molar-refractivity contribution in [1.82, 2.24) is 4.90 Å². The maximum atomic E-state index is 12.4. The third kappa shape index (κ3) is 5.19. The van der Waals surface area contributed by atoms with Gasteiger partial charge in [0.2, 0.25) is 5.91 Å². The van der Waals surface area contributed by atoms with E-state index in [4.69, 9.17) is 14.2 Å². The summed E-state index contributed by atoms with van der Waals surface area (Å²) in [5.41, 5.74) is 1.40. The molecule has 1 aliphatic rings. The van der Waals surface area contributed by atoms with Crippen molar-refractivity contribution in [3.8, 4) is 17.2 Å². The second-order valence-corrected chi connectivity index (χ2v) is 7.60. The third-order valence-corrected chi connectivity index (χ3v) is 4.59. The summed E-state index contributed by atoms with van der Waals surface area (Å²) < 4.78 is 16.7. The molecule has 0 saturated carbocycles. The zero-order valence-electron chi connectivity index (χ0n) is 17.2. The van der Waals surface area contributed by atoms with Gasteiger partial charge in [0, 0.05) is 24.7 Å². The quantitative estimate of drug-likeness (QED) is 0.776. The van der Waals surface area contributed by atoms with Crippen LogP contribution in [0.1, 0.15) is 19.4 Å². The zero-order valence-corrected chi connectivity index (χ0v) is 17.2. The molecule has 0 aliphatic carbocycles. The topological polar surface area (TPSA) is 77.1 Å². The summed E-state index contributed by atoms with van der Waals surface area (Å²) in [7, 11) is 3.14. The van der Waals surface area contributed by atoms with Crippen LogP contribution >= 0.6 is 0 Å². The number of amides is 2. The normalized spacial score (nSPS) is 13.8. The SMILES string of the molecule is COc1ccc(NC(=O)CN(C)C(=O)COc2cccc3c2OC(C)(C)C3)cc1. The monoisotopic (exact) mass is 398 g/mol. The average Bonchev–Trinajstić information content (AvgIpc) is 3.00. The molecule has 1 aliphatic heterocycles. The van der Waals surface area contributed by atoms with Gasteiger partial charge in [0.25, 0.3) is 5.91 Å². The first-order valence-electron chi connectivity index (χ1n) is 9.39. The van der Waals surface area contributed by atoms with Crippen LogP contribution in [0.5, 0.6) is 17.2 Å². The molecular weight excluding hydrogens is 372 g/mol. The van der Waals surface area contributed by atoms with Gasteiger partial charge in [0.05, 0.1) is 13.7 Å². The van der Waals surface area contributed by atoms with Gasteiger partial charge in [-0.3, -0.25) is 9.59 Å². The number of methoxy groups -OCH3 is 1. The van der Waals surface area contributed by atoms with E-state index in [-0.39, 0.29) is 30.6 Å². The van der Waals surface area contributed by atoms with Crippen LogP contribution in [0.3, 0.4) is 0 Å². The second-order valence-electron chi connectivity index (χ2n) is 7.60. The minimum atomic E-state index is -0.301. The molecule has 0 atom stereocenters. The van der Waals surface area contributed by atoms with Gasteiger partial charge >= 0.3 is 0 Å². The minimum absolute atomic E-state index is 0.0787.